The van der Waals surface area contributed by atoms with E-state index in [0.29, 0.717) is 18.6 Å². The number of nitrogens with two attached hydrogens (primary N) is 1. The zero-order valence-corrected chi connectivity index (χ0v) is 17.6. The second-order valence-corrected chi connectivity index (χ2v) is 9.14. The Balaban J connectivity index is 1.75. The molecular weight excluding hydrogens is 396 g/mol. The third kappa shape index (κ3) is 4.47. The number of benzene rings is 1. The number of carbonyl (C=O) groups excluding carboxylic acids is 2. The number of para-hydroxylation sites is 1. The molecule has 3 rings (SSSR count). The zero-order valence-electron chi connectivity index (χ0n) is 15.9. The number of aromatic nitrogens is 1. The molecule has 2 heterocycles. The maximum atomic E-state index is 12.5. The molecule has 0 bridgehead atoms. The highest BCUT2D eigenvalue weighted by atomic mass is 32.2. The fraction of sp³-hybridized carbons (Fsp3) is 0.474. The predicted octanol–water partition coefficient (Wildman–Crippen LogP) is 3.92. The molecule has 9 heteroatoms. The molecule has 7 nitrogen and oxygen atoms in total. The minimum absolute atomic E-state index is 0.00143. The van der Waals surface area contributed by atoms with Crippen molar-refractivity contribution in [3.63, 3.8) is 0 Å². The Labute approximate surface area is 172 Å². The van der Waals surface area contributed by atoms with E-state index in [1.807, 2.05) is 18.2 Å². The van der Waals surface area contributed by atoms with Gasteiger partial charge in [-0.2, -0.15) is 0 Å². The standard InChI is InChI=1S/C19H24N4O3S2/c1-3-4-9-19(12(2)24)10-13(26-16(19)22-23-17(20)25)11-27-18-21-14-7-5-6-8-15(14)28-18/h5-8,13H,3-4,9-11H2,1-2H3,(H3,20,23,25)/b22-16-. The van der Waals surface area contributed by atoms with Gasteiger partial charge >= 0.3 is 6.03 Å². The topological polar surface area (TPSA) is 107 Å². The molecule has 150 valence electrons. The smallest absolute Gasteiger partial charge is 0.332 e. The number of rotatable bonds is 8. The Bertz CT molecular complexity index is 865. The lowest BCUT2D eigenvalue weighted by molar-refractivity contribution is -0.123. The van der Waals surface area contributed by atoms with Gasteiger partial charge in [0.2, 0.25) is 5.90 Å². The van der Waals surface area contributed by atoms with Gasteiger partial charge in [0.15, 0.2) is 4.34 Å². The van der Waals surface area contributed by atoms with Crippen molar-refractivity contribution < 1.29 is 14.3 Å². The number of ether oxygens (including phenoxy) is 1. The van der Waals surface area contributed by atoms with Crippen molar-refractivity contribution in [1.82, 2.24) is 10.4 Å². The van der Waals surface area contributed by atoms with Gasteiger partial charge in [-0.25, -0.2) is 15.2 Å². The fourth-order valence-corrected chi connectivity index (χ4v) is 5.44. The Morgan fingerprint density at radius 3 is 2.93 bits per heavy atom. The number of nitrogens with one attached hydrogen (secondary N) is 1. The number of thioether (sulfide) groups is 1. The molecule has 0 spiro atoms. The Morgan fingerprint density at radius 1 is 1.46 bits per heavy atom. The summed E-state index contributed by atoms with van der Waals surface area (Å²) in [6.45, 7) is 3.63. The Hall–Kier alpha value is -2.13. The maximum Gasteiger partial charge on any atom is 0.332 e. The first-order valence-electron chi connectivity index (χ1n) is 9.24. The summed E-state index contributed by atoms with van der Waals surface area (Å²) in [5.74, 6) is 0.914. The molecule has 0 aliphatic carbocycles. The van der Waals surface area contributed by atoms with E-state index < -0.39 is 11.4 Å². The number of hydrazone groups is 1. The number of hydrogen-bond donors (Lipinski definition) is 2. The van der Waals surface area contributed by atoms with Gasteiger partial charge in [-0.15, -0.1) is 16.4 Å². The lowest BCUT2D eigenvalue weighted by Gasteiger charge is -2.23. The lowest BCUT2D eigenvalue weighted by Crippen LogP contribution is -2.37. The molecule has 1 aromatic heterocycles. The van der Waals surface area contributed by atoms with Crippen LogP contribution in [-0.2, 0) is 9.53 Å². The molecule has 0 saturated carbocycles. The third-order valence-corrected chi connectivity index (χ3v) is 7.14. The van der Waals surface area contributed by atoms with Crippen LogP contribution < -0.4 is 11.2 Å². The molecule has 1 aliphatic rings. The van der Waals surface area contributed by atoms with Crippen LogP contribution in [0.4, 0.5) is 4.79 Å². The number of urea groups is 1. The van der Waals surface area contributed by atoms with Crippen molar-refractivity contribution in [3.8, 4) is 0 Å². The molecule has 0 radical (unpaired) electrons. The van der Waals surface area contributed by atoms with E-state index >= 15 is 0 Å². The summed E-state index contributed by atoms with van der Waals surface area (Å²) in [7, 11) is 0. The van der Waals surface area contributed by atoms with Crippen LogP contribution in [0.1, 0.15) is 39.5 Å². The van der Waals surface area contributed by atoms with Gasteiger partial charge in [-0.05, 0) is 25.5 Å². The molecule has 1 aromatic carbocycles. The summed E-state index contributed by atoms with van der Waals surface area (Å²) in [4.78, 5) is 28.3. The molecule has 2 aromatic rings. The van der Waals surface area contributed by atoms with Crippen molar-refractivity contribution in [3.05, 3.63) is 24.3 Å². The number of carbonyl (C=O) groups is 2. The third-order valence-electron chi connectivity index (χ3n) is 4.83. The first kappa shape index (κ1) is 20.6. The van der Waals surface area contributed by atoms with E-state index in [2.05, 4.69) is 28.5 Å². The van der Waals surface area contributed by atoms with E-state index in [1.165, 1.54) is 0 Å². The number of amides is 2. The fourth-order valence-electron chi connectivity index (χ4n) is 3.36. The van der Waals surface area contributed by atoms with Gasteiger partial charge in [0.1, 0.15) is 17.3 Å². The van der Waals surface area contributed by atoms with Crippen LogP contribution in [0.2, 0.25) is 0 Å². The van der Waals surface area contributed by atoms with E-state index in [0.717, 1.165) is 27.4 Å². The number of hydrogen-bond acceptors (Lipinski definition) is 7. The van der Waals surface area contributed by atoms with Gasteiger partial charge < -0.3 is 10.5 Å². The molecule has 1 aliphatic heterocycles. The Kier molecular flexibility index (Phi) is 6.56. The van der Waals surface area contributed by atoms with Crippen LogP contribution in [0.3, 0.4) is 0 Å². The maximum absolute atomic E-state index is 12.5. The molecule has 1 saturated heterocycles. The molecular formula is C19H24N4O3S2. The van der Waals surface area contributed by atoms with E-state index in [-0.39, 0.29) is 17.8 Å². The monoisotopic (exact) mass is 420 g/mol. The minimum Gasteiger partial charge on any atom is -0.475 e. The highest BCUT2D eigenvalue weighted by molar-refractivity contribution is 8.01. The largest absolute Gasteiger partial charge is 0.475 e. The number of primary amides is 1. The van der Waals surface area contributed by atoms with Gasteiger partial charge in [0.25, 0.3) is 0 Å². The number of Topliss-reactive ketones (excluding diaryl/α,β-unsaturated/α-hetero) is 1. The molecule has 2 amide bonds. The van der Waals surface area contributed by atoms with Crippen LogP contribution >= 0.6 is 23.1 Å². The van der Waals surface area contributed by atoms with Crippen LogP contribution in [0, 0.1) is 5.41 Å². The zero-order chi connectivity index (χ0) is 20.1. The second kappa shape index (κ2) is 8.91. The first-order chi connectivity index (χ1) is 13.4. The summed E-state index contributed by atoms with van der Waals surface area (Å²) >= 11 is 3.25. The van der Waals surface area contributed by atoms with Crippen LogP contribution in [0.15, 0.2) is 33.7 Å². The van der Waals surface area contributed by atoms with Gasteiger partial charge in [-0.3, -0.25) is 4.79 Å². The molecule has 1 fully saturated rings. The van der Waals surface area contributed by atoms with Crippen molar-refractivity contribution in [2.45, 2.75) is 50.0 Å². The normalized spacial score (nSPS) is 23.1. The average Bonchev–Trinajstić information content (AvgIpc) is 3.24. The predicted molar refractivity (Wildman–Crippen MR) is 113 cm³/mol. The quantitative estimate of drug-likeness (QED) is 0.497. The second-order valence-electron chi connectivity index (χ2n) is 6.84. The Morgan fingerprint density at radius 2 is 2.25 bits per heavy atom. The summed E-state index contributed by atoms with van der Waals surface area (Å²) in [6, 6.07) is 7.23. The van der Waals surface area contributed by atoms with Crippen LogP contribution in [0.25, 0.3) is 10.2 Å². The van der Waals surface area contributed by atoms with Gasteiger partial charge in [0, 0.05) is 12.2 Å². The summed E-state index contributed by atoms with van der Waals surface area (Å²) in [6.07, 6.45) is 2.82. The number of unbranched alkanes of at least 4 members (excludes halogenated alkanes) is 1. The molecule has 28 heavy (non-hydrogen) atoms. The van der Waals surface area contributed by atoms with Crippen molar-refractivity contribution in [1.29, 1.82) is 0 Å². The van der Waals surface area contributed by atoms with Crippen molar-refractivity contribution in [2.24, 2.45) is 16.3 Å². The van der Waals surface area contributed by atoms with E-state index in [4.69, 9.17) is 10.5 Å². The summed E-state index contributed by atoms with van der Waals surface area (Å²) < 4.78 is 8.11. The number of ketones is 1. The number of fused-ring (bicyclic) bond motifs is 1. The summed E-state index contributed by atoms with van der Waals surface area (Å²) in [5.41, 5.74) is 7.53. The van der Waals surface area contributed by atoms with E-state index in [1.54, 1.807) is 30.0 Å². The summed E-state index contributed by atoms with van der Waals surface area (Å²) in [5, 5.41) is 4.02. The molecule has 2 atom stereocenters. The van der Waals surface area contributed by atoms with Gasteiger partial charge in [-0.1, -0.05) is 43.7 Å². The minimum atomic E-state index is -0.808. The number of thiazole rings is 1. The molecule has 3 N–H and O–H groups in total. The van der Waals surface area contributed by atoms with E-state index in [9.17, 15) is 9.59 Å². The molecule has 2 unspecified atom stereocenters. The number of nitrogens with zero attached hydrogens (tertiary/aromatic N) is 2. The SMILES string of the molecule is CCCCC1(C(C)=O)CC(CSc2nc3ccccc3s2)O/C1=N\NC(N)=O. The highest BCUT2D eigenvalue weighted by Crippen LogP contribution is 2.42. The first-order valence-corrected chi connectivity index (χ1v) is 11.0. The highest BCUT2D eigenvalue weighted by Gasteiger charge is 2.50. The van der Waals surface area contributed by atoms with Crippen LogP contribution in [-0.4, -0.2) is 34.6 Å². The average molecular weight is 421 g/mol. The lowest BCUT2D eigenvalue weighted by atomic mass is 9.76. The van der Waals surface area contributed by atoms with Gasteiger partial charge in [0.05, 0.1) is 10.2 Å². The van der Waals surface area contributed by atoms with Crippen molar-refractivity contribution >= 4 is 51.0 Å². The van der Waals surface area contributed by atoms with Crippen LogP contribution in [0.5, 0.6) is 0 Å². The van der Waals surface area contributed by atoms with Crippen molar-refractivity contribution in [2.75, 3.05) is 5.75 Å².